The van der Waals surface area contributed by atoms with Gasteiger partial charge in [-0.25, -0.2) is 9.67 Å². The van der Waals surface area contributed by atoms with Crippen molar-refractivity contribution in [3.8, 4) is 11.5 Å². The summed E-state index contributed by atoms with van der Waals surface area (Å²) in [6, 6.07) is 11.6. The standard InChI is InChI=1S/C42H58N8O7/c1-7-27(2)38-40(53)44-29(4)39-45-35(25-30-15-16-33(56-5)34(24-30)57-6)47-50(39)26-37(52)43-19-11-21-48(20-10-14-36(51)46-38)41(54)31-17-22-49(23-18-31)42(55)32-13-9-8-12-28(32)3/h8-9,12-13,15-16,24,27,29,31,38H,7,10-11,14,17-23,25-26H2,1-6H3,(H,43,52)(H,44,53)(H,46,51)/t27-,29+,38-/m0/s1. The van der Waals surface area contributed by atoms with E-state index in [0.717, 1.165) is 11.1 Å². The van der Waals surface area contributed by atoms with Crippen LogP contribution in [0.1, 0.15) is 98.5 Å². The molecule has 2 aliphatic rings. The zero-order valence-electron chi connectivity index (χ0n) is 34.1. The van der Waals surface area contributed by atoms with Gasteiger partial charge in [0.25, 0.3) is 5.91 Å². The van der Waals surface area contributed by atoms with E-state index in [1.807, 2.05) is 62.1 Å². The van der Waals surface area contributed by atoms with Crippen LogP contribution in [0.15, 0.2) is 42.5 Å². The molecule has 0 unspecified atom stereocenters. The highest BCUT2D eigenvalue weighted by atomic mass is 16.5. The van der Waals surface area contributed by atoms with E-state index in [2.05, 4.69) is 21.0 Å². The lowest BCUT2D eigenvalue weighted by molar-refractivity contribution is -0.137. The minimum Gasteiger partial charge on any atom is -0.493 e. The molecule has 57 heavy (non-hydrogen) atoms. The fourth-order valence-electron chi connectivity index (χ4n) is 7.43. The zero-order chi connectivity index (χ0) is 41.1. The largest absolute Gasteiger partial charge is 0.493 e. The highest BCUT2D eigenvalue weighted by Crippen LogP contribution is 2.29. The molecule has 2 aromatic carbocycles. The summed E-state index contributed by atoms with van der Waals surface area (Å²) in [5, 5.41) is 13.6. The molecule has 1 aromatic heterocycles. The smallest absolute Gasteiger partial charge is 0.254 e. The fraction of sp³-hybridized carbons (Fsp3) is 0.548. The van der Waals surface area contributed by atoms with Gasteiger partial charge in [-0.15, -0.1) is 0 Å². The van der Waals surface area contributed by atoms with Crippen molar-refractivity contribution >= 4 is 29.5 Å². The third kappa shape index (κ3) is 11.1. The van der Waals surface area contributed by atoms with Crippen molar-refractivity contribution in [1.29, 1.82) is 0 Å². The van der Waals surface area contributed by atoms with Gasteiger partial charge in [-0.2, -0.15) is 5.10 Å². The average Bonchev–Trinajstić information content (AvgIpc) is 3.61. The number of piperidine rings is 1. The number of carbonyl (C=O) groups is 5. The molecular formula is C42H58N8O7. The first-order valence-corrected chi connectivity index (χ1v) is 20.1. The number of rotatable bonds is 8. The number of aromatic nitrogens is 3. The number of aryl methyl sites for hydroxylation is 1. The number of hydrogen-bond donors (Lipinski definition) is 3. The van der Waals surface area contributed by atoms with Crippen LogP contribution in [-0.4, -0.2) is 107 Å². The third-order valence-corrected chi connectivity index (χ3v) is 11.0. The molecule has 15 heteroatoms. The first-order chi connectivity index (χ1) is 27.4. The third-order valence-electron chi connectivity index (χ3n) is 11.0. The van der Waals surface area contributed by atoms with Crippen LogP contribution in [0.25, 0.3) is 0 Å². The predicted molar refractivity (Wildman–Crippen MR) is 214 cm³/mol. The molecule has 1 saturated heterocycles. The second kappa shape index (κ2) is 20.1. The van der Waals surface area contributed by atoms with Crippen LogP contribution in [-0.2, 0) is 32.1 Å². The molecule has 0 bridgehead atoms. The Bertz CT molecular complexity index is 1890. The SMILES string of the molecule is CC[C@H](C)[C@@H]1NC(=O)CCCN(C(=O)C2CCN(C(=O)c3ccccc3C)CC2)CCCNC(=O)Cn2nc(Cc3ccc(OC)c(OC)c3)nc2[C@@H](C)NC1=O. The van der Waals surface area contributed by atoms with E-state index in [4.69, 9.17) is 14.5 Å². The Morgan fingerprint density at radius 3 is 2.33 bits per heavy atom. The first kappa shape index (κ1) is 42.7. The zero-order valence-corrected chi connectivity index (χ0v) is 34.1. The van der Waals surface area contributed by atoms with Crippen molar-refractivity contribution < 1.29 is 33.4 Å². The van der Waals surface area contributed by atoms with Crippen LogP contribution in [0.2, 0.25) is 0 Å². The average molecular weight is 787 g/mol. The second-order valence-electron chi connectivity index (χ2n) is 15.1. The van der Waals surface area contributed by atoms with Gasteiger partial charge in [-0.05, 0) is 74.8 Å². The van der Waals surface area contributed by atoms with Gasteiger partial charge in [0.2, 0.25) is 23.6 Å². The summed E-state index contributed by atoms with van der Waals surface area (Å²) in [5.41, 5.74) is 2.46. The molecule has 3 N–H and O–H groups in total. The van der Waals surface area contributed by atoms with Crippen molar-refractivity contribution in [3.63, 3.8) is 0 Å². The van der Waals surface area contributed by atoms with E-state index >= 15 is 0 Å². The van der Waals surface area contributed by atoms with Crippen LogP contribution in [0.3, 0.4) is 0 Å². The number of likely N-dealkylation sites (tertiary alicyclic amines) is 1. The second-order valence-corrected chi connectivity index (χ2v) is 15.1. The summed E-state index contributed by atoms with van der Waals surface area (Å²) in [6.07, 6.45) is 3.12. The lowest BCUT2D eigenvalue weighted by atomic mass is 9.94. The number of hydrogen-bond acceptors (Lipinski definition) is 9. The van der Waals surface area contributed by atoms with E-state index in [9.17, 15) is 24.0 Å². The molecule has 0 aliphatic carbocycles. The molecule has 0 spiro atoms. The van der Waals surface area contributed by atoms with Crippen molar-refractivity contribution in [2.75, 3.05) is 46.9 Å². The predicted octanol–water partition coefficient (Wildman–Crippen LogP) is 3.58. The molecular weight excluding hydrogens is 729 g/mol. The maximum Gasteiger partial charge on any atom is 0.254 e. The van der Waals surface area contributed by atoms with Gasteiger partial charge in [0, 0.05) is 57.0 Å². The lowest BCUT2D eigenvalue weighted by Crippen LogP contribution is -2.51. The Morgan fingerprint density at radius 2 is 1.63 bits per heavy atom. The quantitative estimate of drug-likeness (QED) is 0.308. The first-order valence-electron chi connectivity index (χ1n) is 20.1. The Labute approximate surface area is 335 Å². The van der Waals surface area contributed by atoms with Crippen molar-refractivity contribution in [3.05, 3.63) is 70.8 Å². The maximum absolute atomic E-state index is 14.0. The highest BCUT2D eigenvalue weighted by Gasteiger charge is 2.32. The van der Waals surface area contributed by atoms with Gasteiger partial charge >= 0.3 is 0 Å². The number of amides is 5. The number of ether oxygens (including phenoxy) is 2. The van der Waals surface area contributed by atoms with E-state index in [1.54, 1.807) is 32.1 Å². The van der Waals surface area contributed by atoms with Crippen molar-refractivity contribution in [2.24, 2.45) is 11.8 Å². The maximum atomic E-state index is 14.0. The molecule has 3 atom stereocenters. The Kier molecular flexibility index (Phi) is 15.0. The van der Waals surface area contributed by atoms with Crippen LogP contribution in [0.4, 0.5) is 0 Å². The van der Waals surface area contributed by atoms with Crippen molar-refractivity contribution in [2.45, 2.75) is 91.3 Å². The molecule has 5 amide bonds. The molecule has 3 heterocycles. The monoisotopic (exact) mass is 786 g/mol. The molecule has 2 aliphatic heterocycles. The molecule has 3 aromatic rings. The molecule has 1 fully saturated rings. The van der Waals surface area contributed by atoms with Gasteiger partial charge in [0.05, 0.1) is 20.3 Å². The van der Waals surface area contributed by atoms with Gasteiger partial charge in [-0.1, -0.05) is 44.5 Å². The number of nitrogens with one attached hydrogen (secondary N) is 3. The van der Waals surface area contributed by atoms with Crippen LogP contribution < -0.4 is 25.4 Å². The van der Waals surface area contributed by atoms with E-state index in [1.165, 1.54) is 4.68 Å². The number of methoxy groups -OCH3 is 2. The van der Waals surface area contributed by atoms with Gasteiger partial charge in [-0.3, -0.25) is 24.0 Å². The summed E-state index contributed by atoms with van der Waals surface area (Å²) in [7, 11) is 3.13. The molecule has 15 nitrogen and oxygen atoms in total. The van der Waals surface area contributed by atoms with Gasteiger partial charge < -0.3 is 35.2 Å². The molecule has 0 radical (unpaired) electrons. The van der Waals surface area contributed by atoms with E-state index in [-0.39, 0.29) is 54.3 Å². The summed E-state index contributed by atoms with van der Waals surface area (Å²) in [6.45, 7) is 9.46. The lowest BCUT2D eigenvalue weighted by Gasteiger charge is -2.34. The van der Waals surface area contributed by atoms with Crippen molar-refractivity contribution in [1.82, 2.24) is 40.5 Å². The van der Waals surface area contributed by atoms with Crippen LogP contribution in [0.5, 0.6) is 11.5 Å². The Morgan fingerprint density at radius 1 is 0.912 bits per heavy atom. The molecule has 308 valence electrons. The molecule has 0 saturated carbocycles. The minimum absolute atomic E-state index is 0.0146. The Balaban J connectivity index is 1.31. The minimum atomic E-state index is -0.806. The highest BCUT2D eigenvalue weighted by molar-refractivity contribution is 5.96. The summed E-state index contributed by atoms with van der Waals surface area (Å²) < 4.78 is 12.3. The topological polar surface area (TPSA) is 177 Å². The van der Waals surface area contributed by atoms with Crippen LogP contribution in [0, 0.1) is 18.8 Å². The summed E-state index contributed by atoms with van der Waals surface area (Å²) in [5.74, 6) is 0.609. The van der Waals surface area contributed by atoms with Crippen LogP contribution >= 0.6 is 0 Å². The number of nitrogens with zero attached hydrogens (tertiary/aromatic N) is 5. The summed E-state index contributed by atoms with van der Waals surface area (Å²) >= 11 is 0. The Hall–Kier alpha value is -5.47. The molecule has 5 rings (SSSR count). The van der Waals surface area contributed by atoms with Gasteiger partial charge in [0.1, 0.15) is 18.4 Å². The normalized spacial score (nSPS) is 19.9. The number of carbonyl (C=O) groups excluding carboxylic acids is 5. The number of fused-ring (bicyclic) bond motifs is 1. The number of benzene rings is 2. The van der Waals surface area contributed by atoms with E-state index < -0.39 is 12.1 Å². The van der Waals surface area contributed by atoms with E-state index in [0.29, 0.717) is 100.0 Å². The van der Waals surface area contributed by atoms with Gasteiger partial charge in [0.15, 0.2) is 17.3 Å². The fourth-order valence-corrected chi connectivity index (χ4v) is 7.43. The summed E-state index contributed by atoms with van der Waals surface area (Å²) in [4.78, 5) is 76.0.